The van der Waals surface area contributed by atoms with Crippen molar-refractivity contribution in [1.82, 2.24) is 0 Å². The molecule has 1 N–H and O–H groups in total. The summed E-state index contributed by atoms with van der Waals surface area (Å²) in [7, 11) is 0. The number of likely N-dealkylation sites (N-methyl/N-ethyl adjacent to an activating group) is 1. The lowest BCUT2D eigenvalue weighted by molar-refractivity contribution is -0.117. The van der Waals surface area contributed by atoms with Gasteiger partial charge in [-0.1, -0.05) is 0 Å². The van der Waals surface area contributed by atoms with Crippen molar-refractivity contribution in [1.29, 1.82) is 0 Å². The number of phenolic OH excluding ortho intramolecular Hbond substituents is 1. The van der Waals surface area contributed by atoms with Crippen LogP contribution in [0.3, 0.4) is 0 Å². The van der Waals surface area contributed by atoms with Gasteiger partial charge in [-0.05, 0) is 30.7 Å². The van der Waals surface area contributed by atoms with Gasteiger partial charge in [-0.15, -0.1) is 0 Å². The van der Waals surface area contributed by atoms with Crippen LogP contribution in [0.2, 0.25) is 0 Å². The molecule has 0 radical (unpaired) electrons. The number of nitrogens with zero attached hydrogens (tertiary/aromatic N) is 1. The van der Waals surface area contributed by atoms with Crippen molar-refractivity contribution in [3.8, 4) is 5.75 Å². The predicted molar refractivity (Wildman–Crippen MR) is 49.8 cm³/mol. The molecular weight excluding hydrogens is 166 g/mol. The fourth-order valence-electron chi connectivity index (χ4n) is 1.72. The molecule has 3 nitrogen and oxygen atoms in total. The molecule has 1 aliphatic heterocycles. The Labute approximate surface area is 76.6 Å². The molecular formula is C10H11NO2. The van der Waals surface area contributed by atoms with E-state index in [0.717, 1.165) is 11.3 Å². The first-order valence-electron chi connectivity index (χ1n) is 4.34. The van der Waals surface area contributed by atoms with Gasteiger partial charge < -0.3 is 10.0 Å². The fraction of sp³-hybridized carbons (Fsp3) is 0.300. The van der Waals surface area contributed by atoms with Crippen LogP contribution in [0.25, 0.3) is 0 Å². The minimum Gasteiger partial charge on any atom is -0.508 e. The standard InChI is InChI=1S/C10H11NO2/c1-2-11-9-4-3-8(12)5-7(9)6-10(11)13/h3-5,12H,2,6H2,1H3. The van der Waals surface area contributed by atoms with E-state index in [1.54, 1.807) is 23.1 Å². The molecule has 1 heterocycles. The van der Waals surface area contributed by atoms with Gasteiger partial charge in [0.15, 0.2) is 0 Å². The molecule has 0 aliphatic carbocycles. The zero-order valence-electron chi connectivity index (χ0n) is 7.45. The van der Waals surface area contributed by atoms with Crippen LogP contribution < -0.4 is 4.90 Å². The minimum absolute atomic E-state index is 0.114. The van der Waals surface area contributed by atoms with Gasteiger partial charge >= 0.3 is 0 Å². The van der Waals surface area contributed by atoms with Crippen LogP contribution in [-0.4, -0.2) is 17.6 Å². The molecule has 0 fully saturated rings. The van der Waals surface area contributed by atoms with Gasteiger partial charge in [0.05, 0.1) is 6.42 Å². The Morgan fingerprint density at radius 2 is 2.31 bits per heavy atom. The molecule has 0 saturated heterocycles. The molecule has 1 aromatic rings. The Morgan fingerprint density at radius 3 is 3.00 bits per heavy atom. The number of carbonyl (C=O) groups is 1. The highest BCUT2D eigenvalue weighted by molar-refractivity contribution is 6.01. The summed E-state index contributed by atoms with van der Waals surface area (Å²) >= 11 is 0. The summed E-state index contributed by atoms with van der Waals surface area (Å²) in [6.07, 6.45) is 0.414. The van der Waals surface area contributed by atoms with Crippen molar-refractivity contribution in [2.45, 2.75) is 13.3 Å². The molecule has 1 aromatic carbocycles. The molecule has 2 rings (SSSR count). The first-order valence-corrected chi connectivity index (χ1v) is 4.34. The van der Waals surface area contributed by atoms with Crippen LogP contribution in [0.4, 0.5) is 5.69 Å². The maximum absolute atomic E-state index is 11.4. The smallest absolute Gasteiger partial charge is 0.231 e. The second kappa shape index (κ2) is 2.76. The molecule has 1 aliphatic rings. The first-order chi connectivity index (χ1) is 6.22. The summed E-state index contributed by atoms with van der Waals surface area (Å²) in [6.45, 7) is 2.64. The third kappa shape index (κ3) is 1.16. The van der Waals surface area contributed by atoms with Gasteiger partial charge in [-0.2, -0.15) is 0 Å². The summed E-state index contributed by atoms with van der Waals surface area (Å²) in [4.78, 5) is 13.1. The zero-order chi connectivity index (χ0) is 9.42. The number of hydrogen-bond acceptors (Lipinski definition) is 2. The number of rotatable bonds is 1. The predicted octanol–water partition coefficient (Wildman–Crippen LogP) is 1.30. The van der Waals surface area contributed by atoms with E-state index in [0.29, 0.717) is 13.0 Å². The van der Waals surface area contributed by atoms with E-state index in [1.165, 1.54) is 0 Å². The molecule has 0 unspecified atom stereocenters. The van der Waals surface area contributed by atoms with Gasteiger partial charge in [-0.3, -0.25) is 4.79 Å². The maximum atomic E-state index is 11.4. The van der Waals surface area contributed by atoms with E-state index in [1.807, 2.05) is 6.92 Å². The Hall–Kier alpha value is -1.51. The monoisotopic (exact) mass is 177 g/mol. The quantitative estimate of drug-likeness (QED) is 0.702. The van der Waals surface area contributed by atoms with Gasteiger partial charge in [-0.25, -0.2) is 0 Å². The van der Waals surface area contributed by atoms with Crippen molar-refractivity contribution >= 4 is 11.6 Å². The van der Waals surface area contributed by atoms with Crippen molar-refractivity contribution in [2.75, 3.05) is 11.4 Å². The van der Waals surface area contributed by atoms with E-state index in [-0.39, 0.29) is 11.7 Å². The highest BCUT2D eigenvalue weighted by Gasteiger charge is 2.25. The minimum atomic E-state index is 0.114. The first kappa shape index (κ1) is 8.10. The number of hydrogen-bond donors (Lipinski definition) is 1. The number of carbonyl (C=O) groups excluding carboxylic acids is 1. The highest BCUT2D eigenvalue weighted by atomic mass is 16.3. The van der Waals surface area contributed by atoms with Crippen LogP contribution in [-0.2, 0) is 11.2 Å². The van der Waals surface area contributed by atoms with Gasteiger partial charge in [0.1, 0.15) is 5.75 Å². The van der Waals surface area contributed by atoms with Crippen LogP contribution in [0.5, 0.6) is 5.75 Å². The number of amides is 1. The van der Waals surface area contributed by atoms with E-state index >= 15 is 0 Å². The lowest BCUT2D eigenvalue weighted by Gasteiger charge is -2.13. The van der Waals surface area contributed by atoms with Gasteiger partial charge in [0, 0.05) is 12.2 Å². The summed E-state index contributed by atoms with van der Waals surface area (Å²) in [5.74, 6) is 0.340. The molecule has 0 saturated carbocycles. The van der Waals surface area contributed by atoms with E-state index in [2.05, 4.69) is 0 Å². The average molecular weight is 177 g/mol. The largest absolute Gasteiger partial charge is 0.508 e. The lowest BCUT2D eigenvalue weighted by atomic mass is 10.1. The number of phenols is 1. The average Bonchev–Trinajstić information content (AvgIpc) is 2.39. The topological polar surface area (TPSA) is 40.5 Å². The molecule has 3 heteroatoms. The molecule has 1 amide bonds. The zero-order valence-corrected chi connectivity index (χ0v) is 7.45. The Balaban J connectivity index is 2.48. The highest BCUT2D eigenvalue weighted by Crippen LogP contribution is 2.30. The molecule has 68 valence electrons. The van der Waals surface area contributed by atoms with Gasteiger partial charge in [0.25, 0.3) is 0 Å². The van der Waals surface area contributed by atoms with Crippen LogP contribution in [0.15, 0.2) is 18.2 Å². The normalized spacial score (nSPS) is 14.8. The Morgan fingerprint density at radius 1 is 1.54 bits per heavy atom. The molecule has 0 spiro atoms. The van der Waals surface area contributed by atoms with Crippen molar-refractivity contribution in [3.63, 3.8) is 0 Å². The fourth-order valence-corrected chi connectivity index (χ4v) is 1.72. The number of aromatic hydroxyl groups is 1. The summed E-state index contributed by atoms with van der Waals surface area (Å²) in [5, 5.41) is 9.21. The van der Waals surface area contributed by atoms with Crippen LogP contribution in [0, 0.1) is 0 Å². The SMILES string of the molecule is CCN1C(=O)Cc2cc(O)ccc21. The van der Waals surface area contributed by atoms with Crippen LogP contribution in [0.1, 0.15) is 12.5 Å². The maximum Gasteiger partial charge on any atom is 0.231 e. The van der Waals surface area contributed by atoms with Crippen LogP contribution >= 0.6 is 0 Å². The Kier molecular flexibility index (Phi) is 1.72. The lowest BCUT2D eigenvalue weighted by Crippen LogP contribution is -2.25. The third-order valence-corrected chi connectivity index (χ3v) is 2.31. The molecule has 0 bridgehead atoms. The van der Waals surface area contributed by atoms with Crippen molar-refractivity contribution in [3.05, 3.63) is 23.8 Å². The Bertz CT molecular complexity index is 360. The van der Waals surface area contributed by atoms with Gasteiger partial charge in [0.2, 0.25) is 5.91 Å². The molecule has 0 atom stereocenters. The van der Waals surface area contributed by atoms with Crippen molar-refractivity contribution < 1.29 is 9.90 Å². The number of fused-ring (bicyclic) bond motifs is 1. The van der Waals surface area contributed by atoms with E-state index < -0.39 is 0 Å². The van der Waals surface area contributed by atoms with E-state index in [9.17, 15) is 9.90 Å². The third-order valence-electron chi connectivity index (χ3n) is 2.31. The second-order valence-electron chi connectivity index (χ2n) is 3.13. The number of anilines is 1. The summed E-state index contributed by atoms with van der Waals surface area (Å²) < 4.78 is 0. The molecule has 0 aromatic heterocycles. The second-order valence-corrected chi connectivity index (χ2v) is 3.13. The molecule has 13 heavy (non-hydrogen) atoms. The van der Waals surface area contributed by atoms with Crippen molar-refractivity contribution in [2.24, 2.45) is 0 Å². The summed E-state index contributed by atoms with van der Waals surface area (Å²) in [6, 6.07) is 5.06. The van der Waals surface area contributed by atoms with E-state index in [4.69, 9.17) is 0 Å². The summed E-state index contributed by atoms with van der Waals surface area (Å²) in [5.41, 5.74) is 1.86. The number of benzene rings is 1.